The van der Waals surface area contributed by atoms with Crippen molar-refractivity contribution in [3.8, 4) is 0 Å². The highest BCUT2D eigenvalue weighted by Crippen LogP contribution is 2.30. The van der Waals surface area contributed by atoms with Crippen LogP contribution in [0, 0.1) is 0 Å². The number of benzene rings is 1. The van der Waals surface area contributed by atoms with E-state index in [0.717, 1.165) is 24.3 Å². The maximum Gasteiger partial charge on any atom is 0.416 e. The van der Waals surface area contributed by atoms with E-state index >= 15 is 0 Å². The van der Waals surface area contributed by atoms with Crippen molar-refractivity contribution < 1.29 is 22.7 Å². The Balaban J connectivity index is 2.54. The molecule has 7 heteroatoms. The SMILES string of the molecule is CCOC(=O)C=Cc1cn(C)c2cc(C(F)(F)F)ccc2c1=O. The van der Waals surface area contributed by atoms with Crippen LogP contribution in [0.1, 0.15) is 18.1 Å². The summed E-state index contributed by atoms with van der Waals surface area (Å²) >= 11 is 0. The molecule has 1 heterocycles. The third kappa shape index (κ3) is 3.61. The number of ether oxygens (including phenoxy) is 1. The van der Waals surface area contributed by atoms with Crippen LogP contribution < -0.4 is 5.43 Å². The maximum atomic E-state index is 12.8. The second-order valence-electron chi connectivity index (χ2n) is 4.84. The molecule has 2 aromatic rings. The highest BCUT2D eigenvalue weighted by atomic mass is 19.4. The highest BCUT2D eigenvalue weighted by molar-refractivity contribution is 5.88. The van der Waals surface area contributed by atoms with Gasteiger partial charge in [0, 0.05) is 30.3 Å². The Kier molecular flexibility index (Phi) is 4.58. The third-order valence-corrected chi connectivity index (χ3v) is 3.23. The van der Waals surface area contributed by atoms with Crippen LogP contribution in [0.25, 0.3) is 17.0 Å². The van der Waals surface area contributed by atoms with Gasteiger partial charge in [-0.15, -0.1) is 0 Å². The molecule has 1 aromatic carbocycles. The fraction of sp³-hybridized carbons (Fsp3) is 0.250. The number of nitrogens with zero attached hydrogens (tertiary/aromatic N) is 1. The van der Waals surface area contributed by atoms with Crippen molar-refractivity contribution in [2.45, 2.75) is 13.1 Å². The summed E-state index contributed by atoms with van der Waals surface area (Å²) in [6.45, 7) is 1.86. The standard InChI is InChI=1S/C16H14F3NO3/c1-3-23-14(21)7-4-10-9-20(2)13-8-11(16(17,18)19)5-6-12(13)15(10)22/h4-9H,3H2,1-2H3. The zero-order valence-corrected chi connectivity index (χ0v) is 12.5. The lowest BCUT2D eigenvalue weighted by Gasteiger charge is -2.11. The number of halogens is 3. The molecule has 23 heavy (non-hydrogen) atoms. The molecule has 4 nitrogen and oxygen atoms in total. The van der Waals surface area contributed by atoms with Gasteiger partial charge in [-0.2, -0.15) is 13.2 Å². The van der Waals surface area contributed by atoms with Gasteiger partial charge in [-0.05, 0) is 31.2 Å². The van der Waals surface area contributed by atoms with Gasteiger partial charge in [-0.1, -0.05) is 0 Å². The molecule has 122 valence electrons. The lowest BCUT2D eigenvalue weighted by Crippen LogP contribution is -2.13. The molecular weight excluding hydrogens is 311 g/mol. The summed E-state index contributed by atoms with van der Waals surface area (Å²) in [5.74, 6) is -0.595. The van der Waals surface area contributed by atoms with Crippen molar-refractivity contribution in [3.05, 3.63) is 51.8 Å². The predicted octanol–water partition coefficient (Wildman–Crippen LogP) is 3.13. The van der Waals surface area contributed by atoms with Gasteiger partial charge < -0.3 is 9.30 Å². The van der Waals surface area contributed by atoms with Gasteiger partial charge in [-0.25, -0.2) is 4.79 Å². The van der Waals surface area contributed by atoms with Gasteiger partial charge >= 0.3 is 12.1 Å². The average Bonchev–Trinajstić information content (AvgIpc) is 2.48. The Morgan fingerprint density at radius 2 is 2.04 bits per heavy atom. The summed E-state index contributed by atoms with van der Waals surface area (Å²) in [6.07, 6.45) is -0.707. The molecule has 0 N–H and O–H groups in total. The highest BCUT2D eigenvalue weighted by Gasteiger charge is 2.30. The van der Waals surface area contributed by atoms with Crippen LogP contribution in [0.2, 0.25) is 0 Å². The number of carbonyl (C=O) groups is 1. The third-order valence-electron chi connectivity index (χ3n) is 3.23. The molecule has 0 aliphatic heterocycles. The summed E-state index contributed by atoms with van der Waals surface area (Å²) < 4.78 is 44.4. The second kappa shape index (κ2) is 6.28. The average molecular weight is 325 g/mol. The Morgan fingerprint density at radius 1 is 1.35 bits per heavy atom. The number of hydrogen-bond acceptors (Lipinski definition) is 3. The molecule has 0 fully saturated rings. The molecule has 0 atom stereocenters. The van der Waals surface area contributed by atoms with E-state index in [4.69, 9.17) is 4.74 Å². The Morgan fingerprint density at radius 3 is 2.65 bits per heavy atom. The van der Waals surface area contributed by atoms with E-state index < -0.39 is 23.1 Å². The quantitative estimate of drug-likeness (QED) is 0.643. The van der Waals surface area contributed by atoms with E-state index in [-0.39, 0.29) is 23.1 Å². The summed E-state index contributed by atoms with van der Waals surface area (Å²) in [5, 5.41) is 0.145. The molecule has 0 amide bonds. The minimum absolute atomic E-state index is 0.145. The number of rotatable bonds is 3. The number of hydrogen-bond donors (Lipinski definition) is 0. The monoisotopic (exact) mass is 325 g/mol. The number of esters is 1. The van der Waals surface area contributed by atoms with Crippen LogP contribution in [-0.2, 0) is 22.8 Å². The number of fused-ring (bicyclic) bond motifs is 1. The first-order valence-electron chi connectivity index (χ1n) is 6.79. The summed E-state index contributed by atoms with van der Waals surface area (Å²) in [5.41, 5.74) is -0.923. The van der Waals surface area contributed by atoms with Crippen LogP contribution in [-0.4, -0.2) is 17.1 Å². The molecule has 0 unspecified atom stereocenters. The van der Waals surface area contributed by atoms with Crippen LogP contribution in [0.15, 0.2) is 35.3 Å². The lowest BCUT2D eigenvalue weighted by molar-refractivity contribution is -0.138. The minimum Gasteiger partial charge on any atom is -0.463 e. The topological polar surface area (TPSA) is 48.3 Å². The van der Waals surface area contributed by atoms with Crippen LogP contribution in [0.5, 0.6) is 0 Å². The molecule has 0 saturated carbocycles. The minimum atomic E-state index is -4.48. The maximum absolute atomic E-state index is 12.8. The second-order valence-corrected chi connectivity index (χ2v) is 4.84. The van der Waals surface area contributed by atoms with Crippen molar-refractivity contribution in [3.63, 3.8) is 0 Å². The van der Waals surface area contributed by atoms with E-state index in [2.05, 4.69) is 0 Å². The normalized spacial score (nSPS) is 12.0. The Labute approximate surface area is 129 Å². The van der Waals surface area contributed by atoms with E-state index in [1.165, 1.54) is 23.9 Å². The first-order chi connectivity index (χ1) is 10.7. The first kappa shape index (κ1) is 16.8. The fourth-order valence-corrected chi connectivity index (χ4v) is 2.15. The van der Waals surface area contributed by atoms with Gasteiger partial charge in [0.1, 0.15) is 0 Å². The van der Waals surface area contributed by atoms with Crippen molar-refractivity contribution in [1.82, 2.24) is 4.57 Å². The summed E-state index contributed by atoms with van der Waals surface area (Å²) in [7, 11) is 1.53. The molecule has 2 rings (SSSR count). The Hall–Kier alpha value is -2.57. The molecular formula is C16H14F3NO3. The van der Waals surface area contributed by atoms with Crippen molar-refractivity contribution >= 4 is 22.9 Å². The predicted molar refractivity (Wildman–Crippen MR) is 79.9 cm³/mol. The van der Waals surface area contributed by atoms with Crippen molar-refractivity contribution in [2.24, 2.45) is 7.05 Å². The molecule has 0 bridgehead atoms. The Bertz CT molecular complexity index is 835. The first-order valence-corrected chi connectivity index (χ1v) is 6.79. The van der Waals surface area contributed by atoms with Gasteiger partial charge in [0.2, 0.25) is 0 Å². The van der Waals surface area contributed by atoms with Gasteiger partial charge in [0.15, 0.2) is 5.43 Å². The van der Waals surface area contributed by atoms with Crippen LogP contribution in [0.4, 0.5) is 13.2 Å². The van der Waals surface area contributed by atoms with E-state index in [0.29, 0.717) is 0 Å². The molecule has 0 saturated heterocycles. The lowest BCUT2D eigenvalue weighted by atomic mass is 10.1. The van der Waals surface area contributed by atoms with E-state index in [1.54, 1.807) is 6.92 Å². The van der Waals surface area contributed by atoms with Crippen molar-refractivity contribution in [1.29, 1.82) is 0 Å². The summed E-state index contributed by atoms with van der Waals surface area (Å²) in [6, 6.07) is 2.93. The van der Waals surface area contributed by atoms with Crippen molar-refractivity contribution in [2.75, 3.05) is 6.61 Å². The van der Waals surface area contributed by atoms with Crippen LogP contribution >= 0.6 is 0 Å². The smallest absolute Gasteiger partial charge is 0.416 e. The number of pyridine rings is 1. The molecule has 0 radical (unpaired) electrons. The van der Waals surface area contributed by atoms with Gasteiger partial charge in [-0.3, -0.25) is 4.79 Å². The molecule has 0 aliphatic rings. The largest absolute Gasteiger partial charge is 0.463 e. The molecule has 1 aromatic heterocycles. The number of aromatic nitrogens is 1. The number of carbonyl (C=O) groups excluding carboxylic acids is 1. The molecule has 0 aliphatic carbocycles. The zero-order chi connectivity index (χ0) is 17.2. The number of aryl methyl sites for hydroxylation is 1. The van der Waals surface area contributed by atoms with E-state index in [1.807, 2.05) is 0 Å². The summed E-state index contributed by atoms with van der Waals surface area (Å²) in [4.78, 5) is 23.6. The fourth-order valence-electron chi connectivity index (χ4n) is 2.15. The molecule has 0 spiro atoms. The van der Waals surface area contributed by atoms with Gasteiger partial charge in [0.05, 0.1) is 17.7 Å². The zero-order valence-electron chi connectivity index (χ0n) is 12.5. The van der Waals surface area contributed by atoms with E-state index in [9.17, 15) is 22.8 Å². The number of alkyl halides is 3. The van der Waals surface area contributed by atoms with Crippen LogP contribution in [0.3, 0.4) is 0 Å². The van der Waals surface area contributed by atoms with Gasteiger partial charge in [0.25, 0.3) is 0 Å².